The molecule has 4 nitrogen and oxygen atoms in total. The summed E-state index contributed by atoms with van der Waals surface area (Å²) < 4.78 is 5.63. The highest BCUT2D eigenvalue weighted by Crippen LogP contribution is 2.34. The van der Waals surface area contributed by atoms with Gasteiger partial charge in [0.1, 0.15) is 18.5 Å². The van der Waals surface area contributed by atoms with Crippen molar-refractivity contribution in [3.63, 3.8) is 0 Å². The topological polar surface area (TPSA) is 41.6 Å². The first-order chi connectivity index (χ1) is 11.7. The Balaban J connectivity index is 1.96. The van der Waals surface area contributed by atoms with Crippen molar-refractivity contribution < 1.29 is 9.53 Å². The zero-order valence-electron chi connectivity index (χ0n) is 13.9. The van der Waals surface area contributed by atoms with Gasteiger partial charge in [-0.3, -0.25) is 4.79 Å². The maximum atomic E-state index is 12.9. The molecular weight excluding hydrogens is 300 g/mol. The number of para-hydroxylation sites is 1. The van der Waals surface area contributed by atoms with Gasteiger partial charge in [0, 0.05) is 12.2 Å². The fourth-order valence-corrected chi connectivity index (χ4v) is 2.96. The highest BCUT2D eigenvalue weighted by Gasteiger charge is 2.32. The highest BCUT2D eigenvalue weighted by atomic mass is 16.5. The van der Waals surface area contributed by atoms with E-state index in [2.05, 4.69) is 18.8 Å². The van der Waals surface area contributed by atoms with E-state index in [1.807, 2.05) is 53.4 Å². The predicted molar refractivity (Wildman–Crippen MR) is 96.3 cm³/mol. The fourth-order valence-electron chi connectivity index (χ4n) is 2.96. The molecule has 1 heterocycles. The molecule has 1 N–H and O–H groups in total. The number of fused-ring (bicyclic) bond motifs is 1. The third kappa shape index (κ3) is 3.13. The molecule has 24 heavy (non-hydrogen) atoms. The van der Waals surface area contributed by atoms with Crippen LogP contribution in [0.5, 0.6) is 5.75 Å². The summed E-state index contributed by atoms with van der Waals surface area (Å²) in [5, 5.41) is 3.49. The van der Waals surface area contributed by atoms with Gasteiger partial charge in [0.25, 0.3) is 5.91 Å². The van der Waals surface area contributed by atoms with E-state index in [0.717, 1.165) is 29.0 Å². The minimum atomic E-state index is -0.195. The molecular formula is C20H22N2O2. The number of hydrogen-bond donors (Lipinski definition) is 1. The summed E-state index contributed by atoms with van der Waals surface area (Å²) in [5.41, 5.74) is 2.60. The average molecular weight is 322 g/mol. The minimum Gasteiger partial charge on any atom is -0.490 e. The fraction of sp³-hybridized carbons (Fsp3) is 0.250. The Bertz CT molecular complexity index is 742. The van der Waals surface area contributed by atoms with Crippen LogP contribution in [0.3, 0.4) is 0 Å². The predicted octanol–water partition coefficient (Wildman–Crippen LogP) is 4.23. The van der Waals surface area contributed by atoms with E-state index in [4.69, 9.17) is 4.74 Å². The summed E-state index contributed by atoms with van der Waals surface area (Å²) >= 11 is 0. The Morgan fingerprint density at radius 1 is 1.25 bits per heavy atom. The second-order valence-electron chi connectivity index (χ2n) is 5.76. The molecule has 0 aliphatic carbocycles. The monoisotopic (exact) mass is 322 g/mol. The largest absolute Gasteiger partial charge is 0.490 e. The molecule has 0 fully saturated rings. The Kier molecular flexibility index (Phi) is 4.85. The molecule has 0 radical (unpaired) electrons. The van der Waals surface area contributed by atoms with Crippen LogP contribution >= 0.6 is 0 Å². The molecule has 1 aliphatic heterocycles. The number of rotatable bonds is 6. The summed E-state index contributed by atoms with van der Waals surface area (Å²) in [4.78, 5) is 14.8. The van der Waals surface area contributed by atoms with E-state index in [1.165, 1.54) is 0 Å². The van der Waals surface area contributed by atoms with Crippen molar-refractivity contribution in [2.45, 2.75) is 19.5 Å². The van der Waals surface area contributed by atoms with Crippen LogP contribution in [0.4, 0.5) is 5.69 Å². The van der Waals surface area contributed by atoms with Crippen LogP contribution in [0, 0.1) is 0 Å². The highest BCUT2D eigenvalue weighted by molar-refractivity contribution is 6.01. The van der Waals surface area contributed by atoms with Gasteiger partial charge in [0.15, 0.2) is 0 Å². The summed E-state index contributed by atoms with van der Waals surface area (Å²) in [5.74, 6) is 0.838. The molecule has 0 saturated heterocycles. The lowest BCUT2D eigenvalue weighted by molar-refractivity contribution is 0.0683. The van der Waals surface area contributed by atoms with E-state index in [9.17, 15) is 4.79 Å². The van der Waals surface area contributed by atoms with Gasteiger partial charge >= 0.3 is 0 Å². The van der Waals surface area contributed by atoms with Gasteiger partial charge in [-0.15, -0.1) is 0 Å². The SMILES string of the molecule is C=CCOc1cccc([C@@H]2Nc3ccccc3C(=O)N2CCC)c1. The third-order valence-corrected chi connectivity index (χ3v) is 4.03. The van der Waals surface area contributed by atoms with Gasteiger partial charge in [-0.05, 0) is 36.2 Å². The van der Waals surface area contributed by atoms with E-state index < -0.39 is 0 Å². The van der Waals surface area contributed by atoms with E-state index in [-0.39, 0.29) is 12.1 Å². The number of amides is 1. The molecule has 0 bridgehead atoms. The molecule has 4 heteroatoms. The number of anilines is 1. The lowest BCUT2D eigenvalue weighted by Gasteiger charge is -2.38. The molecule has 1 amide bonds. The molecule has 1 aliphatic rings. The molecule has 0 unspecified atom stereocenters. The van der Waals surface area contributed by atoms with Crippen LogP contribution in [0.1, 0.15) is 35.4 Å². The van der Waals surface area contributed by atoms with Gasteiger partial charge in [0.05, 0.1) is 5.56 Å². The quantitative estimate of drug-likeness (QED) is 0.809. The Morgan fingerprint density at radius 3 is 2.88 bits per heavy atom. The number of ether oxygens (including phenoxy) is 1. The smallest absolute Gasteiger partial charge is 0.257 e. The van der Waals surface area contributed by atoms with Crippen LogP contribution in [0.2, 0.25) is 0 Å². The number of carbonyl (C=O) groups is 1. The zero-order chi connectivity index (χ0) is 16.9. The zero-order valence-corrected chi connectivity index (χ0v) is 13.9. The van der Waals surface area contributed by atoms with Crippen molar-refractivity contribution in [3.8, 4) is 5.75 Å². The minimum absolute atomic E-state index is 0.0635. The van der Waals surface area contributed by atoms with Crippen LogP contribution in [0.15, 0.2) is 61.2 Å². The molecule has 2 aromatic rings. The second kappa shape index (κ2) is 7.21. The standard InChI is InChI=1S/C20H22N2O2/c1-3-12-22-19(15-8-7-9-16(14-15)24-13-4-2)21-18-11-6-5-10-17(18)20(22)23/h4-11,14,19,21H,2-3,12-13H2,1H3/t19-/m1/s1. The van der Waals surface area contributed by atoms with Gasteiger partial charge in [0.2, 0.25) is 0 Å². The van der Waals surface area contributed by atoms with Crippen molar-refractivity contribution in [2.75, 3.05) is 18.5 Å². The van der Waals surface area contributed by atoms with Gasteiger partial charge < -0.3 is 15.0 Å². The van der Waals surface area contributed by atoms with Crippen LogP contribution in [-0.4, -0.2) is 24.0 Å². The molecule has 0 saturated carbocycles. The molecule has 0 spiro atoms. The summed E-state index contributed by atoms with van der Waals surface area (Å²) in [6.45, 7) is 6.90. The average Bonchev–Trinajstić information content (AvgIpc) is 2.62. The third-order valence-electron chi connectivity index (χ3n) is 4.03. The number of nitrogens with zero attached hydrogens (tertiary/aromatic N) is 1. The van der Waals surface area contributed by atoms with Gasteiger partial charge in [-0.1, -0.05) is 43.8 Å². The maximum Gasteiger partial charge on any atom is 0.257 e. The first kappa shape index (κ1) is 16.1. The van der Waals surface area contributed by atoms with Crippen LogP contribution in [0.25, 0.3) is 0 Å². The van der Waals surface area contributed by atoms with E-state index in [1.54, 1.807) is 6.08 Å². The van der Waals surface area contributed by atoms with Crippen molar-refractivity contribution in [2.24, 2.45) is 0 Å². The van der Waals surface area contributed by atoms with Crippen molar-refractivity contribution in [1.82, 2.24) is 4.90 Å². The number of nitrogens with one attached hydrogen (secondary N) is 1. The lowest BCUT2D eigenvalue weighted by atomic mass is 10.0. The molecule has 1 atom stereocenters. The summed E-state index contributed by atoms with van der Waals surface area (Å²) in [6.07, 6.45) is 2.42. The Labute approximate surface area is 142 Å². The van der Waals surface area contributed by atoms with Gasteiger partial charge in [-0.2, -0.15) is 0 Å². The Hall–Kier alpha value is -2.75. The first-order valence-corrected chi connectivity index (χ1v) is 8.24. The number of carbonyl (C=O) groups excluding carboxylic acids is 1. The number of benzene rings is 2. The van der Waals surface area contributed by atoms with E-state index in [0.29, 0.717) is 13.2 Å². The first-order valence-electron chi connectivity index (χ1n) is 8.24. The van der Waals surface area contributed by atoms with Gasteiger partial charge in [-0.25, -0.2) is 0 Å². The summed E-state index contributed by atoms with van der Waals surface area (Å²) in [6, 6.07) is 15.5. The second-order valence-corrected chi connectivity index (χ2v) is 5.76. The van der Waals surface area contributed by atoms with E-state index >= 15 is 0 Å². The van der Waals surface area contributed by atoms with Crippen molar-refractivity contribution in [3.05, 3.63) is 72.3 Å². The molecule has 2 aromatic carbocycles. The Morgan fingerprint density at radius 2 is 2.08 bits per heavy atom. The molecule has 3 rings (SSSR count). The number of hydrogen-bond acceptors (Lipinski definition) is 3. The normalized spacial score (nSPS) is 16.3. The summed E-state index contributed by atoms with van der Waals surface area (Å²) in [7, 11) is 0. The lowest BCUT2D eigenvalue weighted by Crippen LogP contribution is -2.43. The molecule has 0 aromatic heterocycles. The maximum absolute atomic E-state index is 12.9. The van der Waals surface area contributed by atoms with Crippen molar-refractivity contribution >= 4 is 11.6 Å². The van der Waals surface area contributed by atoms with Crippen molar-refractivity contribution in [1.29, 1.82) is 0 Å². The van der Waals surface area contributed by atoms with Crippen LogP contribution < -0.4 is 10.1 Å². The van der Waals surface area contributed by atoms with Crippen LogP contribution in [-0.2, 0) is 0 Å². The molecule has 124 valence electrons.